The van der Waals surface area contributed by atoms with Gasteiger partial charge in [0.1, 0.15) is 5.54 Å². The first-order valence-electron chi connectivity index (χ1n) is 9.43. The molecule has 29 heavy (non-hydrogen) atoms. The number of hydrogen-bond donors (Lipinski definition) is 2. The molecule has 4 amide bonds. The fourth-order valence-corrected chi connectivity index (χ4v) is 2.78. The maximum absolute atomic E-state index is 12.0. The summed E-state index contributed by atoms with van der Waals surface area (Å²) in [5, 5.41) is 5.26. The molecule has 1 heterocycles. The number of amides is 4. The summed E-state index contributed by atoms with van der Waals surface area (Å²) in [7, 11) is 3.90. The summed E-state index contributed by atoms with van der Waals surface area (Å²) in [5.74, 6) is -1.28. The van der Waals surface area contributed by atoms with Crippen LogP contribution in [0.25, 0.3) is 0 Å². The van der Waals surface area contributed by atoms with E-state index in [-0.39, 0.29) is 31.9 Å². The van der Waals surface area contributed by atoms with E-state index >= 15 is 0 Å². The number of carbonyl (C=O) groups is 4. The van der Waals surface area contributed by atoms with Crippen LogP contribution in [0.2, 0.25) is 0 Å². The number of imide groups is 1. The van der Waals surface area contributed by atoms with Crippen molar-refractivity contribution in [3.63, 3.8) is 0 Å². The van der Waals surface area contributed by atoms with Gasteiger partial charge in [-0.1, -0.05) is 12.1 Å². The van der Waals surface area contributed by atoms with Gasteiger partial charge in [-0.15, -0.1) is 0 Å². The zero-order chi connectivity index (χ0) is 21.6. The molecular weight excluding hydrogens is 376 g/mol. The Morgan fingerprint density at radius 2 is 1.83 bits per heavy atom. The number of esters is 1. The fourth-order valence-electron chi connectivity index (χ4n) is 2.78. The van der Waals surface area contributed by atoms with E-state index < -0.39 is 23.4 Å². The van der Waals surface area contributed by atoms with Crippen LogP contribution in [0.5, 0.6) is 0 Å². The third-order valence-corrected chi connectivity index (χ3v) is 4.51. The molecule has 0 spiro atoms. The number of rotatable bonds is 9. The molecular formula is C20H28N4O5. The molecule has 2 rings (SSSR count). The van der Waals surface area contributed by atoms with E-state index in [2.05, 4.69) is 10.6 Å². The van der Waals surface area contributed by atoms with Gasteiger partial charge in [0, 0.05) is 39.3 Å². The van der Waals surface area contributed by atoms with Crippen LogP contribution in [0.15, 0.2) is 24.3 Å². The number of carbonyl (C=O) groups excluding carboxylic acids is 4. The van der Waals surface area contributed by atoms with Crippen molar-refractivity contribution < 1.29 is 23.9 Å². The Balaban J connectivity index is 1.64. The van der Waals surface area contributed by atoms with Crippen molar-refractivity contribution in [2.24, 2.45) is 0 Å². The highest BCUT2D eigenvalue weighted by Gasteiger charge is 2.43. The van der Waals surface area contributed by atoms with Crippen molar-refractivity contribution >= 4 is 29.5 Å². The molecule has 0 radical (unpaired) electrons. The summed E-state index contributed by atoms with van der Waals surface area (Å²) in [5.41, 5.74) is 1.07. The maximum Gasteiger partial charge on any atom is 0.325 e. The molecule has 0 atom stereocenters. The van der Waals surface area contributed by atoms with Crippen molar-refractivity contribution in [1.29, 1.82) is 0 Å². The van der Waals surface area contributed by atoms with Crippen molar-refractivity contribution in [3.8, 4) is 0 Å². The first-order valence-corrected chi connectivity index (χ1v) is 9.43. The quantitative estimate of drug-likeness (QED) is 0.470. The molecule has 0 bridgehead atoms. The monoisotopic (exact) mass is 404 g/mol. The standard InChI is InChI=1S/C20H28N4O5/c1-20(2)18(27)24(19(28)22-20)11-5-6-17(26)29-13-16(25)21-12-14-7-9-15(10-8-14)23(3)4/h7-10H,5-6,11-13H2,1-4H3,(H,21,25)(H,22,28). The summed E-state index contributed by atoms with van der Waals surface area (Å²) in [4.78, 5) is 50.5. The van der Waals surface area contributed by atoms with Crippen LogP contribution in [0.4, 0.5) is 10.5 Å². The fraction of sp³-hybridized carbons (Fsp3) is 0.500. The van der Waals surface area contributed by atoms with Gasteiger partial charge in [-0.05, 0) is 38.0 Å². The molecule has 1 aliphatic rings. The SMILES string of the molecule is CN(C)c1ccc(CNC(=O)COC(=O)CCCN2C(=O)NC(C)(C)C2=O)cc1. The molecule has 1 aromatic rings. The van der Waals surface area contributed by atoms with Crippen LogP contribution in [0.3, 0.4) is 0 Å². The third-order valence-electron chi connectivity index (χ3n) is 4.51. The van der Waals surface area contributed by atoms with Crippen molar-refractivity contribution in [2.45, 2.75) is 38.8 Å². The lowest BCUT2D eigenvalue weighted by Crippen LogP contribution is -2.40. The molecule has 0 aromatic heterocycles. The van der Waals surface area contributed by atoms with Gasteiger partial charge < -0.3 is 20.3 Å². The number of urea groups is 1. The Hall–Kier alpha value is -3.10. The molecule has 158 valence electrons. The Morgan fingerprint density at radius 1 is 1.17 bits per heavy atom. The van der Waals surface area contributed by atoms with Crippen molar-refractivity contribution in [2.75, 3.05) is 32.1 Å². The molecule has 1 aliphatic heterocycles. The number of benzene rings is 1. The minimum Gasteiger partial charge on any atom is -0.456 e. The lowest BCUT2D eigenvalue weighted by molar-refractivity contribution is -0.148. The first kappa shape index (κ1) is 22.2. The van der Waals surface area contributed by atoms with Gasteiger partial charge in [0.2, 0.25) is 0 Å². The molecule has 0 saturated carbocycles. The molecule has 1 aromatic carbocycles. The van der Waals surface area contributed by atoms with E-state index in [0.29, 0.717) is 6.54 Å². The average molecular weight is 404 g/mol. The number of anilines is 1. The summed E-state index contributed by atoms with van der Waals surface area (Å²) < 4.78 is 4.94. The number of hydrogen-bond acceptors (Lipinski definition) is 6. The maximum atomic E-state index is 12.0. The second-order valence-corrected chi connectivity index (χ2v) is 7.61. The van der Waals surface area contributed by atoms with Gasteiger partial charge >= 0.3 is 12.0 Å². The molecule has 0 aliphatic carbocycles. The topological polar surface area (TPSA) is 108 Å². The van der Waals surface area contributed by atoms with Gasteiger partial charge in [0.15, 0.2) is 6.61 Å². The smallest absolute Gasteiger partial charge is 0.325 e. The van der Waals surface area contributed by atoms with Crippen LogP contribution < -0.4 is 15.5 Å². The highest BCUT2D eigenvalue weighted by molar-refractivity contribution is 6.06. The van der Waals surface area contributed by atoms with Crippen molar-refractivity contribution in [1.82, 2.24) is 15.5 Å². The minimum atomic E-state index is -0.928. The Kier molecular flexibility index (Phi) is 7.19. The molecule has 0 unspecified atom stereocenters. The second-order valence-electron chi connectivity index (χ2n) is 7.61. The largest absolute Gasteiger partial charge is 0.456 e. The zero-order valence-corrected chi connectivity index (χ0v) is 17.3. The number of ether oxygens (including phenoxy) is 1. The van der Waals surface area contributed by atoms with E-state index in [1.807, 2.05) is 43.3 Å². The predicted molar refractivity (Wildman–Crippen MR) is 107 cm³/mol. The minimum absolute atomic E-state index is 0.0107. The van der Waals surface area contributed by atoms with E-state index in [1.54, 1.807) is 13.8 Å². The first-order chi connectivity index (χ1) is 13.6. The summed E-state index contributed by atoms with van der Waals surface area (Å²) >= 11 is 0. The van der Waals surface area contributed by atoms with Gasteiger partial charge in [0.05, 0.1) is 0 Å². The normalized spacial score (nSPS) is 15.1. The summed E-state index contributed by atoms with van der Waals surface area (Å²) in [6.45, 7) is 3.34. The van der Waals surface area contributed by atoms with E-state index in [0.717, 1.165) is 16.2 Å². The lowest BCUT2D eigenvalue weighted by Gasteiger charge is -2.15. The highest BCUT2D eigenvalue weighted by atomic mass is 16.5. The van der Waals surface area contributed by atoms with Gasteiger partial charge in [-0.2, -0.15) is 0 Å². The van der Waals surface area contributed by atoms with Gasteiger partial charge in [-0.3, -0.25) is 19.3 Å². The van der Waals surface area contributed by atoms with Crippen LogP contribution in [0.1, 0.15) is 32.3 Å². The molecule has 2 N–H and O–H groups in total. The third kappa shape index (κ3) is 6.20. The van der Waals surface area contributed by atoms with Gasteiger partial charge in [0.25, 0.3) is 11.8 Å². The lowest BCUT2D eigenvalue weighted by atomic mass is 10.1. The van der Waals surface area contributed by atoms with Crippen LogP contribution in [0, 0.1) is 0 Å². The highest BCUT2D eigenvalue weighted by Crippen LogP contribution is 2.17. The number of nitrogens with zero attached hydrogens (tertiary/aromatic N) is 2. The van der Waals surface area contributed by atoms with Crippen molar-refractivity contribution in [3.05, 3.63) is 29.8 Å². The second kappa shape index (κ2) is 9.40. The van der Waals surface area contributed by atoms with E-state index in [4.69, 9.17) is 4.74 Å². The summed E-state index contributed by atoms with van der Waals surface area (Å²) in [6, 6.07) is 7.27. The van der Waals surface area contributed by atoms with Crippen LogP contribution in [-0.4, -0.2) is 61.5 Å². The van der Waals surface area contributed by atoms with E-state index in [9.17, 15) is 19.2 Å². The molecule has 9 nitrogen and oxygen atoms in total. The van der Waals surface area contributed by atoms with Crippen LogP contribution in [-0.2, 0) is 25.7 Å². The van der Waals surface area contributed by atoms with Crippen LogP contribution >= 0.6 is 0 Å². The Labute approximate surface area is 170 Å². The molecule has 9 heteroatoms. The molecule has 1 saturated heterocycles. The summed E-state index contributed by atoms with van der Waals surface area (Å²) in [6.07, 6.45) is 0.282. The number of nitrogens with one attached hydrogen (secondary N) is 2. The van der Waals surface area contributed by atoms with E-state index in [1.165, 1.54) is 0 Å². The zero-order valence-electron chi connectivity index (χ0n) is 17.3. The predicted octanol–water partition coefficient (Wildman–Crippen LogP) is 1.02. The van der Waals surface area contributed by atoms with Gasteiger partial charge in [-0.25, -0.2) is 4.79 Å². The average Bonchev–Trinajstić information content (AvgIpc) is 2.86. The molecule has 1 fully saturated rings. The Morgan fingerprint density at radius 3 is 2.38 bits per heavy atom. The Bertz CT molecular complexity index is 774.